The van der Waals surface area contributed by atoms with Crippen LogP contribution < -0.4 is 10.7 Å². The van der Waals surface area contributed by atoms with Gasteiger partial charge in [0.25, 0.3) is 5.91 Å². The number of carbonyl (C=O) groups is 4. The molecular weight excluding hydrogens is 342 g/mol. The molecule has 9 heteroatoms. The van der Waals surface area contributed by atoms with Crippen LogP contribution in [0.25, 0.3) is 0 Å². The zero-order chi connectivity index (χ0) is 19.1. The molecule has 1 spiro atoms. The van der Waals surface area contributed by atoms with Crippen molar-refractivity contribution in [3.8, 4) is 0 Å². The van der Waals surface area contributed by atoms with Gasteiger partial charge >= 0.3 is 12.1 Å². The standard InChI is InChI=1S/C17H19N3O6/c1-9-14(26-11(3)22)17(18-16(24)25-9)10(2)20(17)19-15(23)13-7-5-4-6-12(13)8-21/h4-10,14H,1-3H3,(H,18,24)(H,19,23)/t9-,10?,14-,17?,20?/m0/s1. The number of aldehydes is 1. The molecule has 0 bridgehead atoms. The maximum atomic E-state index is 12.6. The second-order valence-corrected chi connectivity index (χ2v) is 6.28. The van der Waals surface area contributed by atoms with Crippen LogP contribution >= 0.6 is 0 Å². The van der Waals surface area contributed by atoms with Crippen molar-refractivity contribution in [1.29, 1.82) is 0 Å². The van der Waals surface area contributed by atoms with Crippen LogP contribution in [0.3, 0.4) is 0 Å². The summed E-state index contributed by atoms with van der Waals surface area (Å²) in [7, 11) is 0. The molecule has 2 aliphatic rings. The van der Waals surface area contributed by atoms with Crippen LogP contribution in [0.4, 0.5) is 4.79 Å². The molecule has 2 heterocycles. The largest absolute Gasteiger partial charge is 0.454 e. The van der Waals surface area contributed by atoms with E-state index >= 15 is 0 Å². The molecule has 9 nitrogen and oxygen atoms in total. The van der Waals surface area contributed by atoms with Crippen LogP contribution in [0.2, 0.25) is 0 Å². The number of cyclic esters (lactones) is 1. The number of hydrogen-bond acceptors (Lipinski definition) is 7. The van der Waals surface area contributed by atoms with E-state index in [4.69, 9.17) is 9.47 Å². The molecule has 26 heavy (non-hydrogen) atoms. The number of alkyl carbamates (subject to hydrolysis) is 1. The van der Waals surface area contributed by atoms with Gasteiger partial charge in [-0.1, -0.05) is 18.2 Å². The first-order valence-electron chi connectivity index (χ1n) is 8.11. The predicted molar refractivity (Wildman–Crippen MR) is 88.0 cm³/mol. The molecule has 138 valence electrons. The van der Waals surface area contributed by atoms with Crippen molar-refractivity contribution in [3.05, 3.63) is 35.4 Å². The van der Waals surface area contributed by atoms with Gasteiger partial charge in [-0.05, 0) is 19.9 Å². The number of rotatable bonds is 4. The SMILES string of the molecule is CC(=O)O[C@H]1[C@H](C)OC(=O)NC12C(C)N2NC(=O)c1ccccc1C=O. The summed E-state index contributed by atoms with van der Waals surface area (Å²) in [6.45, 7) is 4.63. The molecule has 3 unspecified atom stereocenters. The third-order valence-corrected chi connectivity index (χ3v) is 4.66. The maximum Gasteiger partial charge on any atom is 0.409 e. The summed E-state index contributed by atoms with van der Waals surface area (Å²) in [4.78, 5) is 47.0. The summed E-state index contributed by atoms with van der Waals surface area (Å²) in [5.41, 5.74) is 2.01. The Kier molecular flexibility index (Phi) is 4.41. The van der Waals surface area contributed by atoms with Gasteiger partial charge < -0.3 is 9.47 Å². The Labute approximate surface area is 149 Å². The van der Waals surface area contributed by atoms with Gasteiger partial charge in [-0.15, -0.1) is 0 Å². The van der Waals surface area contributed by atoms with E-state index in [9.17, 15) is 19.2 Å². The van der Waals surface area contributed by atoms with E-state index in [2.05, 4.69) is 10.7 Å². The van der Waals surface area contributed by atoms with Crippen LogP contribution in [-0.4, -0.2) is 53.2 Å². The van der Waals surface area contributed by atoms with E-state index in [0.29, 0.717) is 6.29 Å². The average molecular weight is 361 g/mol. The van der Waals surface area contributed by atoms with Crippen molar-refractivity contribution in [2.75, 3.05) is 0 Å². The van der Waals surface area contributed by atoms with E-state index in [1.165, 1.54) is 24.1 Å². The van der Waals surface area contributed by atoms with Crippen LogP contribution in [0, 0.1) is 0 Å². The van der Waals surface area contributed by atoms with E-state index in [1.807, 2.05) is 0 Å². The molecule has 1 aromatic rings. The molecule has 2 N–H and O–H groups in total. The van der Waals surface area contributed by atoms with Crippen LogP contribution in [0.15, 0.2) is 24.3 Å². The third kappa shape index (κ3) is 2.80. The molecule has 0 radical (unpaired) electrons. The van der Waals surface area contributed by atoms with Gasteiger partial charge in [0.05, 0.1) is 11.6 Å². The monoisotopic (exact) mass is 361 g/mol. The molecule has 2 fully saturated rings. The predicted octanol–water partition coefficient (Wildman–Crippen LogP) is 0.604. The quantitative estimate of drug-likeness (QED) is 0.459. The van der Waals surface area contributed by atoms with Crippen molar-refractivity contribution in [3.63, 3.8) is 0 Å². The van der Waals surface area contributed by atoms with Crippen molar-refractivity contribution in [2.24, 2.45) is 0 Å². The van der Waals surface area contributed by atoms with Crippen molar-refractivity contribution in [1.82, 2.24) is 15.8 Å². The van der Waals surface area contributed by atoms with E-state index in [-0.39, 0.29) is 17.2 Å². The second kappa shape index (κ2) is 6.41. The summed E-state index contributed by atoms with van der Waals surface area (Å²) in [6, 6.07) is 6.00. The second-order valence-electron chi connectivity index (χ2n) is 6.28. The number of hydrogen-bond donors (Lipinski definition) is 2. The summed E-state index contributed by atoms with van der Waals surface area (Å²) >= 11 is 0. The highest BCUT2D eigenvalue weighted by Crippen LogP contribution is 2.44. The Balaban J connectivity index is 1.85. The number of benzene rings is 1. The number of amides is 2. The van der Waals surface area contributed by atoms with Gasteiger partial charge in [0.2, 0.25) is 0 Å². The molecule has 0 aromatic heterocycles. The third-order valence-electron chi connectivity index (χ3n) is 4.66. The van der Waals surface area contributed by atoms with Crippen molar-refractivity contribution < 1.29 is 28.7 Å². The lowest BCUT2D eigenvalue weighted by Gasteiger charge is -2.36. The van der Waals surface area contributed by atoms with E-state index in [0.717, 1.165) is 0 Å². The molecule has 2 aliphatic heterocycles. The lowest BCUT2D eigenvalue weighted by molar-refractivity contribution is -0.160. The first-order chi connectivity index (χ1) is 12.3. The number of nitrogens with zero attached hydrogens (tertiary/aromatic N) is 1. The molecule has 5 atom stereocenters. The maximum absolute atomic E-state index is 12.6. The smallest absolute Gasteiger partial charge is 0.409 e. The summed E-state index contributed by atoms with van der Waals surface area (Å²) in [5, 5.41) is 4.13. The Morgan fingerprint density at radius 1 is 1.35 bits per heavy atom. The number of hydrazine groups is 1. The Morgan fingerprint density at radius 2 is 2.04 bits per heavy atom. The summed E-state index contributed by atoms with van der Waals surface area (Å²) < 4.78 is 10.4. The zero-order valence-electron chi connectivity index (χ0n) is 14.5. The fourth-order valence-electron chi connectivity index (χ4n) is 3.37. The molecule has 2 saturated heterocycles. The molecule has 3 rings (SSSR count). The lowest BCUT2D eigenvalue weighted by Crippen LogP contribution is -2.63. The summed E-state index contributed by atoms with van der Waals surface area (Å²) in [6.07, 6.45) is -1.58. The van der Waals surface area contributed by atoms with Crippen molar-refractivity contribution >= 4 is 24.3 Å². The van der Waals surface area contributed by atoms with Gasteiger partial charge in [-0.2, -0.15) is 5.01 Å². The average Bonchev–Trinajstić information content (AvgIpc) is 3.13. The minimum atomic E-state index is -1.10. The van der Waals surface area contributed by atoms with Gasteiger partial charge in [-0.3, -0.25) is 25.1 Å². The normalized spacial score (nSPS) is 32.2. The number of esters is 1. The molecule has 2 amide bonds. The van der Waals surface area contributed by atoms with Crippen LogP contribution in [-0.2, 0) is 14.3 Å². The van der Waals surface area contributed by atoms with Gasteiger partial charge in [0, 0.05) is 12.5 Å². The van der Waals surface area contributed by atoms with Crippen LogP contribution in [0.1, 0.15) is 41.5 Å². The summed E-state index contributed by atoms with van der Waals surface area (Å²) in [5.74, 6) is -1.04. The topological polar surface area (TPSA) is 114 Å². The highest BCUT2D eigenvalue weighted by molar-refractivity contribution is 6.01. The number of nitrogens with one attached hydrogen (secondary N) is 2. The first kappa shape index (κ1) is 17.9. The van der Waals surface area contributed by atoms with Gasteiger partial charge in [-0.25, -0.2) is 4.79 Å². The van der Waals surface area contributed by atoms with Gasteiger partial charge in [0.1, 0.15) is 6.10 Å². The minimum absolute atomic E-state index is 0.201. The lowest BCUT2D eigenvalue weighted by atomic mass is 10.0. The first-order valence-corrected chi connectivity index (χ1v) is 8.11. The Hall–Kier alpha value is -2.94. The Morgan fingerprint density at radius 3 is 2.69 bits per heavy atom. The number of carbonyl (C=O) groups excluding carboxylic acids is 4. The van der Waals surface area contributed by atoms with E-state index in [1.54, 1.807) is 26.0 Å². The van der Waals surface area contributed by atoms with Crippen molar-refractivity contribution in [2.45, 2.75) is 44.7 Å². The molecule has 0 saturated carbocycles. The number of ether oxygens (including phenoxy) is 2. The zero-order valence-corrected chi connectivity index (χ0v) is 14.5. The fraction of sp³-hybridized carbons (Fsp3) is 0.412. The minimum Gasteiger partial charge on any atom is -0.454 e. The highest BCUT2D eigenvalue weighted by Gasteiger charge is 2.72. The molecular formula is C17H19N3O6. The molecule has 1 aromatic carbocycles. The van der Waals surface area contributed by atoms with Gasteiger partial charge in [0.15, 0.2) is 18.1 Å². The van der Waals surface area contributed by atoms with E-state index < -0.39 is 35.8 Å². The van der Waals surface area contributed by atoms with Crippen LogP contribution in [0.5, 0.6) is 0 Å². The molecule has 0 aliphatic carbocycles. The highest BCUT2D eigenvalue weighted by atomic mass is 16.6. The Bertz CT molecular complexity index is 782. The fourth-order valence-corrected chi connectivity index (χ4v) is 3.37.